The maximum Gasteiger partial charge on any atom is 0.359 e. The zero-order valence-corrected chi connectivity index (χ0v) is 24.2. The normalized spacial score (nSPS) is 24.2. The van der Waals surface area contributed by atoms with Gasteiger partial charge in [0.2, 0.25) is 19.4 Å². The average Bonchev–Trinajstić information content (AvgIpc) is 3.08. The lowest BCUT2D eigenvalue weighted by molar-refractivity contribution is -0.161. The molecule has 1 aliphatic heterocycles. The molecule has 1 aromatic rings. The monoisotopic (exact) mass is 597 g/mol. The highest BCUT2D eigenvalue weighted by Crippen LogP contribution is 2.52. The first-order valence-electron chi connectivity index (χ1n) is 11.7. The van der Waals surface area contributed by atoms with Gasteiger partial charge in [0.1, 0.15) is 24.1 Å². The Hall–Kier alpha value is -2.35. The van der Waals surface area contributed by atoms with E-state index in [-0.39, 0.29) is 5.82 Å². The Balaban J connectivity index is 2.32. The number of hydrogen-bond donors (Lipinski definition) is 2. The predicted molar refractivity (Wildman–Crippen MR) is 137 cm³/mol. The molecule has 2 rings (SSSR count). The van der Waals surface area contributed by atoms with Gasteiger partial charge in [-0.3, -0.25) is 27.8 Å². The molecule has 39 heavy (non-hydrogen) atoms. The highest BCUT2D eigenvalue weighted by atomic mass is 35.5. The summed E-state index contributed by atoms with van der Waals surface area (Å²) < 4.78 is 55.6. The Morgan fingerprint density at radius 2 is 1.74 bits per heavy atom. The van der Waals surface area contributed by atoms with Crippen LogP contribution < -0.4 is 11.4 Å². The lowest BCUT2D eigenvalue weighted by atomic mass is 9.94. The van der Waals surface area contributed by atoms with E-state index in [0.29, 0.717) is 4.57 Å². The number of nitrogen functional groups attached to an aromatic ring is 1. The van der Waals surface area contributed by atoms with E-state index in [4.69, 9.17) is 40.6 Å². The maximum atomic E-state index is 15.9. The van der Waals surface area contributed by atoms with Gasteiger partial charge in [0.15, 0.2) is 0 Å². The molecule has 3 N–H and O–H groups in total. The molecule has 1 aromatic heterocycles. The molecule has 0 amide bonds. The molecule has 0 saturated carbocycles. The number of alkyl halides is 2. The minimum absolute atomic E-state index is 0.161. The summed E-state index contributed by atoms with van der Waals surface area (Å²) in [5, 5.41) is 10.9. The highest BCUT2D eigenvalue weighted by molar-refractivity contribution is 7.57. The van der Waals surface area contributed by atoms with Crippen LogP contribution in [0.3, 0.4) is 0 Å². The highest BCUT2D eigenvalue weighted by Gasteiger charge is 2.59. The largest absolute Gasteiger partial charge is 0.438 e. The van der Waals surface area contributed by atoms with E-state index in [0.717, 1.165) is 24.2 Å². The number of ether oxygens (including phenoxy) is 3. The molecule has 1 aliphatic rings. The van der Waals surface area contributed by atoms with Crippen LogP contribution in [0.25, 0.3) is 0 Å². The van der Waals surface area contributed by atoms with Crippen LogP contribution in [0.5, 0.6) is 0 Å². The summed E-state index contributed by atoms with van der Waals surface area (Å²) in [6.45, 7) is 7.06. The van der Waals surface area contributed by atoms with Gasteiger partial charge in [0, 0.05) is 12.0 Å². The van der Waals surface area contributed by atoms with Crippen molar-refractivity contribution in [3.05, 3.63) is 34.6 Å². The van der Waals surface area contributed by atoms with Gasteiger partial charge >= 0.3 is 25.2 Å². The van der Waals surface area contributed by atoms with Crippen LogP contribution in [0.2, 0.25) is 0 Å². The lowest BCUT2D eigenvalue weighted by Gasteiger charge is -2.30. The van der Waals surface area contributed by atoms with Gasteiger partial charge in [0.05, 0.1) is 16.7 Å². The second-order valence-corrected chi connectivity index (χ2v) is 13.0. The summed E-state index contributed by atoms with van der Waals surface area (Å²) in [4.78, 5) is 39.8. The number of hydrogen-bond acceptors (Lipinski definition) is 12. The third-order valence-electron chi connectivity index (χ3n) is 5.47. The van der Waals surface area contributed by atoms with E-state index in [1.54, 1.807) is 41.5 Å². The van der Waals surface area contributed by atoms with E-state index >= 15 is 4.39 Å². The van der Waals surface area contributed by atoms with E-state index in [1.807, 2.05) is 0 Å². The first-order valence-corrected chi connectivity index (χ1v) is 13.8. The number of carbonyl (C=O) groups excluding carboxylic acids is 2. The SMILES string of the molecule is CC(C)(C)C(=O)OCOP(=O)(C=CC1(CCl)OCC(F)(n2ccc(N)nc2=O)C1O)OCOC(=O)C(C)(C)C. The third-order valence-corrected chi connectivity index (χ3v) is 7.33. The molecule has 0 bridgehead atoms. The fourth-order valence-corrected chi connectivity index (χ4v) is 4.44. The second kappa shape index (κ2) is 12.0. The molecule has 0 aromatic carbocycles. The zero-order valence-electron chi connectivity index (χ0n) is 22.5. The molecule has 220 valence electrons. The fraction of sp³-hybridized carbons (Fsp3) is 0.652. The summed E-state index contributed by atoms with van der Waals surface area (Å²) in [5.74, 6) is -4.10. The maximum absolute atomic E-state index is 15.9. The van der Waals surface area contributed by atoms with Crippen molar-refractivity contribution in [2.24, 2.45) is 10.8 Å². The van der Waals surface area contributed by atoms with Crippen molar-refractivity contribution in [1.29, 1.82) is 0 Å². The molecule has 3 atom stereocenters. The number of nitrogens with zero attached hydrogens (tertiary/aromatic N) is 2. The Bertz CT molecular complexity index is 1160. The van der Waals surface area contributed by atoms with Crippen molar-refractivity contribution in [1.82, 2.24) is 9.55 Å². The van der Waals surface area contributed by atoms with Gasteiger partial charge in [0.25, 0.3) is 0 Å². The van der Waals surface area contributed by atoms with Crippen LogP contribution in [-0.2, 0) is 43.2 Å². The Morgan fingerprint density at radius 1 is 1.23 bits per heavy atom. The number of anilines is 1. The molecule has 3 unspecified atom stereocenters. The van der Waals surface area contributed by atoms with E-state index in [2.05, 4.69) is 4.98 Å². The van der Waals surface area contributed by atoms with Crippen LogP contribution in [0, 0.1) is 10.8 Å². The molecule has 0 radical (unpaired) electrons. The number of rotatable bonds is 10. The standard InChI is InChI=1S/C23H34ClFN3O10P/c1-20(2,3)17(30)34-13-37-39(33,38-14-35-18(31)21(4,5)6)10-8-22(11-24)16(29)23(25,12-36-22)28-9-7-15(26)27-19(28)32/h7-10,16,29H,11-14H2,1-6H3,(H2,26,27,32). The lowest BCUT2D eigenvalue weighted by Crippen LogP contribution is -2.52. The van der Waals surface area contributed by atoms with Crippen molar-refractivity contribution in [3.8, 4) is 0 Å². The topological polar surface area (TPSA) is 178 Å². The smallest absolute Gasteiger partial charge is 0.359 e. The fourth-order valence-electron chi connectivity index (χ4n) is 3.04. The number of aliphatic hydroxyl groups excluding tert-OH is 1. The van der Waals surface area contributed by atoms with Crippen LogP contribution >= 0.6 is 19.2 Å². The third kappa shape index (κ3) is 7.86. The Morgan fingerprint density at radius 3 is 2.18 bits per heavy atom. The average molecular weight is 598 g/mol. The molecule has 1 fully saturated rings. The van der Waals surface area contributed by atoms with Crippen molar-refractivity contribution in [2.75, 3.05) is 31.8 Å². The quantitative estimate of drug-likeness (QED) is 0.174. The van der Waals surface area contributed by atoms with Gasteiger partial charge in [-0.05, 0) is 53.7 Å². The summed E-state index contributed by atoms with van der Waals surface area (Å²) in [6, 6.07) is 1.15. The Labute approximate surface area is 229 Å². The van der Waals surface area contributed by atoms with Gasteiger partial charge < -0.3 is 25.1 Å². The number of halogens is 2. The van der Waals surface area contributed by atoms with Crippen molar-refractivity contribution >= 4 is 37.0 Å². The molecule has 2 heterocycles. The molecule has 1 saturated heterocycles. The van der Waals surface area contributed by atoms with Gasteiger partial charge in [-0.25, -0.2) is 9.18 Å². The van der Waals surface area contributed by atoms with Crippen LogP contribution in [-0.4, -0.2) is 64.4 Å². The first kappa shape index (κ1) is 32.9. The predicted octanol–water partition coefficient (Wildman–Crippen LogP) is 2.65. The van der Waals surface area contributed by atoms with E-state index in [1.165, 1.54) is 0 Å². The Kier molecular flexibility index (Phi) is 10.1. The molecular weight excluding hydrogens is 564 g/mol. The molecule has 13 nitrogen and oxygen atoms in total. The molecule has 0 spiro atoms. The number of aromatic nitrogens is 2. The minimum Gasteiger partial charge on any atom is -0.438 e. The van der Waals surface area contributed by atoms with Gasteiger partial charge in [-0.15, -0.1) is 11.6 Å². The number of nitrogens with two attached hydrogens (primary N) is 1. The first-order chi connectivity index (χ1) is 17.8. The van der Waals surface area contributed by atoms with Crippen LogP contribution in [0.1, 0.15) is 41.5 Å². The van der Waals surface area contributed by atoms with Gasteiger partial charge in [-0.1, -0.05) is 0 Å². The van der Waals surface area contributed by atoms with Crippen molar-refractivity contribution in [2.45, 2.75) is 59.0 Å². The number of aliphatic hydroxyl groups is 1. The summed E-state index contributed by atoms with van der Waals surface area (Å²) >= 11 is 6.02. The van der Waals surface area contributed by atoms with Crippen LogP contribution in [0.4, 0.5) is 10.2 Å². The van der Waals surface area contributed by atoms with Crippen molar-refractivity contribution in [3.63, 3.8) is 0 Å². The number of esters is 2. The van der Waals surface area contributed by atoms with Gasteiger partial charge in [-0.2, -0.15) is 4.98 Å². The minimum atomic E-state index is -4.41. The zero-order chi connectivity index (χ0) is 29.9. The van der Waals surface area contributed by atoms with E-state index < -0.39 is 79.6 Å². The van der Waals surface area contributed by atoms with Crippen LogP contribution in [0.15, 0.2) is 29.0 Å². The summed E-state index contributed by atoms with van der Waals surface area (Å²) in [5.41, 5.74) is 0.550. The molecule has 0 aliphatic carbocycles. The second-order valence-electron chi connectivity index (χ2n) is 10.8. The molecule has 16 heteroatoms. The van der Waals surface area contributed by atoms with Crippen molar-refractivity contribution < 1.29 is 46.9 Å². The number of carbonyl (C=O) groups is 2. The molecular formula is C23H34ClFN3O10P. The summed E-state index contributed by atoms with van der Waals surface area (Å²) in [6.07, 6.45) is -0.164. The summed E-state index contributed by atoms with van der Waals surface area (Å²) in [7, 11) is -4.41. The van der Waals surface area contributed by atoms with E-state index in [9.17, 15) is 24.1 Å².